The van der Waals surface area contributed by atoms with Gasteiger partial charge in [-0.15, -0.1) is 24.8 Å². The molecule has 1 aromatic heterocycles. The van der Waals surface area contributed by atoms with Gasteiger partial charge in [-0.2, -0.15) is 0 Å². The Morgan fingerprint density at radius 1 is 1.30 bits per heavy atom. The zero-order valence-corrected chi connectivity index (χ0v) is 16.4. The van der Waals surface area contributed by atoms with Gasteiger partial charge in [0.25, 0.3) is 11.6 Å². The quantitative estimate of drug-likeness (QED) is 0.345. The van der Waals surface area contributed by atoms with E-state index in [0.717, 1.165) is 5.69 Å². The van der Waals surface area contributed by atoms with Crippen molar-refractivity contribution < 1.29 is 9.72 Å². The molecule has 2 rings (SSSR count). The van der Waals surface area contributed by atoms with E-state index in [9.17, 15) is 14.9 Å². The summed E-state index contributed by atoms with van der Waals surface area (Å²) in [6.07, 6.45) is 2.31. The molecular weight excluding hydrogens is 393 g/mol. The molecule has 1 aromatic carbocycles. The van der Waals surface area contributed by atoms with Gasteiger partial charge in [-0.25, -0.2) is 0 Å². The van der Waals surface area contributed by atoms with Crippen molar-refractivity contribution in [1.29, 1.82) is 0 Å². The maximum absolute atomic E-state index is 12.0. The number of nitrogens with two attached hydrogens (primary N) is 1. The van der Waals surface area contributed by atoms with Gasteiger partial charge in [0.1, 0.15) is 5.69 Å². The van der Waals surface area contributed by atoms with Gasteiger partial charge in [0.15, 0.2) is 0 Å². The topological polar surface area (TPSA) is 123 Å². The van der Waals surface area contributed by atoms with Crippen molar-refractivity contribution in [2.45, 2.75) is 19.4 Å². The van der Waals surface area contributed by atoms with Gasteiger partial charge in [0, 0.05) is 24.4 Å². The molecule has 0 fully saturated rings. The van der Waals surface area contributed by atoms with Crippen LogP contribution in [0.1, 0.15) is 35.4 Å². The Hall–Kier alpha value is -2.42. The summed E-state index contributed by atoms with van der Waals surface area (Å²) in [6, 6.07) is 9.63. The van der Waals surface area contributed by atoms with E-state index >= 15 is 0 Å². The molecule has 2 aromatic rings. The molecular formula is C17H23Cl2N5O3. The van der Waals surface area contributed by atoms with E-state index in [0.29, 0.717) is 25.2 Å². The fourth-order valence-electron chi connectivity index (χ4n) is 2.29. The van der Waals surface area contributed by atoms with Crippen LogP contribution < -0.4 is 16.4 Å². The summed E-state index contributed by atoms with van der Waals surface area (Å²) >= 11 is 0. The predicted molar refractivity (Wildman–Crippen MR) is 110 cm³/mol. The zero-order chi connectivity index (χ0) is 18.2. The van der Waals surface area contributed by atoms with Crippen LogP contribution in [0.3, 0.4) is 0 Å². The number of benzene rings is 1. The molecule has 0 radical (unpaired) electrons. The second-order valence-electron chi connectivity index (χ2n) is 5.51. The molecule has 8 nitrogen and oxygen atoms in total. The van der Waals surface area contributed by atoms with Crippen LogP contribution in [0.2, 0.25) is 0 Å². The Morgan fingerprint density at radius 2 is 2.04 bits per heavy atom. The van der Waals surface area contributed by atoms with Crippen LogP contribution in [0.5, 0.6) is 0 Å². The first kappa shape index (κ1) is 24.6. The maximum Gasteiger partial charge on any atom is 0.293 e. The summed E-state index contributed by atoms with van der Waals surface area (Å²) in [5.41, 5.74) is 6.55. The number of nitrogens with one attached hydrogen (secondary N) is 2. The van der Waals surface area contributed by atoms with Crippen molar-refractivity contribution in [3.8, 4) is 0 Å². The SMILES string of the molecule is CC(Nc1ccc(C(=O)NCCCN)cc1[N+](=O)[O-])c1ccccn1.Cl.Cl. The number of halogens is 2. The summed E-state index contributed by atoms with van der Waals surface area (Å²) in [7, 11) is 0. The first-order chi connectivity index (χ1) is 12.0. The number of carbonyl (C=O) groups is 1. The lowest BCUT2D eigenvalue weighted by atomic mass is 10.1. The highest BCUT2D eigenvalue weighted by atomic mass is 35.5. The van der Waals surface area contributed by atoms with Crippen LogP contribution in [-0.2, 0) is 0 Å². The second kappa shape index (κ2) is 12.1. The molecule has 0 aliphatic rings. The molecule has 0 bridgehead atoms. The first-order valence-electron chi connectivity index (χ1n) is 7.97. The third-order valence-corrected chi connectivity index (χ3v) is 3.63. The second-order valence-corrected chi connectivity index (χ2v) is 5.51. The largest absolute Gasteiger partial charge is 0.371 e. The van der Waals surface area contributed by atoms with Crippen molar-refractivity contribution in [2.75, 3.05) is 18.4 Å². The number of anilines is 1. The Balaban J connectivity index is 0.00000338. The van der Waals surface area contributed by atoms with Crippen LogP contribution in [0.4, 0.5) is 11.4 Å². The number of hydrogen-bond donors (Lipinski definition) is 3. The molecule has 10 heteroatoms. The van der Waals surface area contributed by atoms with Crippen molar-refractivity contribution in [2.24, 2.45) is 5.73 Å². The lowest BCUT2D eigenvalue weighted by molar-refractivity contribution is -0.384. The van der Waals surface area contributed by atoms with Gasteiger partial charge in [0.2, 0.25) is 0 Å². The normalized spacial score (nSPS) is 10.7. The van der Waals surface area contributed by atoms with E-state index in [2.05, 4.69) is 15.6 Å². The number of amides is 1. The van der Waals surface area contributed by atoms with Gasteiger partial charge < -0.3 is 16.4 Å². The van der Waals surface area contributed by atoms with Crippen LogP contribution in [0.25, 0.3) is 0 Å². The third kappa shape index (κ3) is 7.01. The van der Waals surface area contributed by atoms with Crippen molar-refractivity contribution in [3.63, 3.8) is 0 Å². The molecule has 1 unspecified atom stereocenters. The highest BCUT2D eigenvalue weighted by Gasteiger charge is 2.19. The van der Waals surface area contributed by atoms with Crippen LogP contribution in [0, 0.1) is 10.1 Å². The van der Waals surface area contributed by atoms with E-state index < -0.39 is 4.92 Å². The number of carbonyl (C=O) groups excluding carboxylic acids is 1. The minimum Gasteiger partial charge on any atom is -0.371 e. The molecule has 4 N–H and O–H groups in total. The van der Waals surface area contributed by atoms with Gasteiger partial charge >= 0.3 is 0 Å². The number of pyridine rings is 1. The molecule has 27 heavy (non-hydrogen) atoms. The van der Waals surface area contributed by atoms with Gasteiger partial charge in [-0.1, -0.05) is 6.07 Å². The van der Waals surface area contributed by atoms with E-state index in [4.69, 9.17) is 5.73 Å². The third-order valence-electron chi connectivity index (χ3n) is 3.63. The Labute approximate surface area is 169 Å². The fourth-order valence-corrected chi connectivity index (χ4v) is 2.29. The van der Waals surface area contributed by atoms with Crippen LogP contribution in [-0.4, -0.2) is 28.9 Å². The molecule has 1 amide bonds. The fraction of sp³-hybridized carbons (Fsp3) is 0.294. The number of rotatable bonds is 8. The van der Waals surface area contributed by atoms with Gasteiger partial charge in [0.05, 0.1) is 16.7 Å². The van der Waals surface area contributed by atoms with Crippen LogP contribution in [0.15, 0.2) is 42.6 Å². The average Bonchev–Trinajstić information content (AvgIpc) is 2.62. The smallest absolute Gasteiger partial charge is 0.293 e. The molecule has 0 aliphatic heterocycles. The monoisotopic (exact) mass is 415 g/mol. The summed E-state index contributed by atoms with van der Waals surface area (Å²) < 4.78 is 0. The van der Waals surface area contributed by atoms with Crippen molar-refractivity contribution in [3.05, 3.63) is 64.0 Å². The first-order valence-corrected chi connectivity index (χ1v) is 7.97. The number of nitrogens with zero attached hydrogens (tertiary/aromatic N) is 2. The molecule has 0 aliphatic carbocycles. The summed E-state index contributed by atoms with van der Waals surface area (Å²) in [5.74, 6) is -0.360. The summed E-state index contributed by atoms with van der Waals surface area (Å²) in [4.78, 5) is 27.1. The lowest BCUT2D eigenvalue weighted by Crippen LogP contribution is -2.26. The van der Waals surface area contributed by atoms with Crippen LogP contribution >= 0.6 is 24.8 Å². The minimum atomic E-state index is -0.510. The van der Waals surface area contributed by atoms with E-state index in [1.54, 1.807) is 18.3 Å². The van der Waals surface area contributed by atoms with Gasteiger partial charge in [-0.3, -0.25) is 19.9 Å². The Kier molecular flexibility index (Phi) is 11.0. The number of nitro groups is 1. The predicted octanol–water partition coefficient (Wildman–Crippen LogP) is 3.09. The molecule has 0 saturated heterocycles. The van der Waals surface area contributed by atoms with Gasteiger partial charge in [-0.05, 0) is 44.2 Å². The Morgan fingerprint density at radius 3 is 2.63 bits per heavy atom. The average molecular weight is 416 g/mol. The molecule has 0 spiro atoms. The summed E-state index contributed by atoms with van der Waals surface area (Å²) in [6.45, 7) is 2.76. The number of hydrogen-bond acceptors (Lipinski definition) is 6. The highest BCUT2D eigenvalue weighted by molar-refractivity contribution is 5.95. The minimum absolute atomic E-state index is 0. The molecule has 1 heterocycles. The molecule has 0 saturated carbocycles. The van der Waals surface area contributed by atoms with Crippen molar-refractivity contribution >= 4 is 42.1 Å². The molecule has 148 valence electrons. The highest BCUT2D eigenvalue weighted by Crippen LogP contribution is 2.28. The van der Waals surface area contributed by atoms with E-state index in [-0.39, 0.29) is 48.0 Å². The number of aromatic nitrogens is 1. The van der Waals surface area contributed by atoms with E-state index in [1.807, 2.05) is 19.1 Å². The standard InChI is InChI=1S/C17H21N5O3.2ClH/c1-12(14-5-2-3-9-19-14)21-15-7-6-13(11-16(15)22(24)25)17(23)20-10-4-8-18;;/h2-3,5-7,9,11-12,21H,4,8,10,18H2,1H3,(H,20,23);2*1H. The Bertz CT molecular complexity index is 747. The molecule has 1 atom stereocenters. The van der Waals surface area contributed by atoms with E-state index in [1.165, 1.54) is 12.1 Å². The lowest BCUT2D eigenvalue weighted by Gasteiger charge is -2.15. The maximum atomic E-state index is 12.0. The summed E-state index contributed by atoms with van der Waals surface area (Å²) in [5, 5.41) is 17.1. The van der Waals surface area contributed by atoms with Crippen molar-refractivity contribution in [1.82, 2.24) is 10.3 Å². The number of nitro benzene ring substituents is 1. The zero-order valence-electron chi connectivity index (χ0n) is 14.8.